The van der Waals surface area contributed by atoms with Gasteiger partial charge in [-0.05, 0) is 69.0 Å². The van der Waals surface area contributed by atoms with Gasteiger partial charge in [0.25, 0.3) is 5.91 Å². The molecule has 5 heteroatoms. The maximum atomic E-state index is 12.8. The highest BCUT2D eigenvalue weighted by Gasteiger charge is 2.21. The quantitative estimate of drug-likeness (QED) is 0.725. The summed E-state index contributed by atoms with van der Waals surface area (Å²) in [6.45, 7) is 9.76. The van der Waals surface area contributed by atoms with Gasteiger partial charge in [0, 0.05) is 5.69 Å². The second-order valence-corrected chi connectivity index (χ2v) is 6.52. The smallest absolute Gasteiger partial charge is 0.338 e. The molecule has 1 atom stereocenters. The molecule has 0 fully saturated rings. The Bertz CT molecular complexity index is 829. The fourth-order valence-corrected chi connectivity index (χ4v) is 2.62. The number of ether oxygens (including phenoxy) is 2. The predicted octanol–water partition coefficient (Wildman–Crippen LogP) is 4.58. The molecule has 0 aliphatic heterocycles. The molecule has 0 aliphatic carbocycles. The van der Waals surface area contributed by atoms with Gasteiger partial charge in [-0.25, -0.2) is 4.79 Å². The summed E-state index contributed by atoms with van der Waals surface area (Å²) in [6, 6.07) is 11.0. The van der Waals surface area contributed by atoms with Crippen LogP contribution in [0.4, 0.5) is 5.69 Å². The highest BCUT2D eigenvalue weighted by atomic mass is 16.5. The van der Waals surface area contributed by atoms with E-state index in [-0.39, 0.29) is 5.91 Å². The summed E-state index contributed by atoms with van der Waals surface area (Å²) in [7, 11) is 0. The van der Waals surface area contributed by atoms with Crippen LogP contribution in [0.1, 0.15) is 47.3 Å². The summed E-state index contributed by atoms with van der Waals surface area (Å²) >= 11 is 0. The van der Waals surface area contributed by atoms with E-state index in [9.17, 15) is 9.59 Å². The summed E-state index contributed by atoms with van der Waals surface area (Å²) in [5, 5.41) is 2.88. The molecule has 5 nitrogen and oxygen atoms in total. The average Bonchev–Trinajstić information content (AvgIpc) is 2.64. The van der Waals surface area contributed by atoms with Crippen molar-refractivity contribution in [3.63, 3.8) is 0 Å². The average molecular weight is 369 g/mol. The van der Waals surface area contributed by atoms with E-state index in [2.05, 4.69) is 5.32 Å². The van der Waals surface area contributed by atoms with Crippen LogP contribution in [0.15, 0.2) is 36.4 Å². The molecule has 0 bridgehead atoms. The topological polar surface area (TPSA) is 64.6 Å². The molecule has 27 heavy (non-hydrogen) atoms. The second kappa shape index (κ2) is 9.21. The Labute approximate surface area is 160 Å². The predicted molar refractivity (Wildman–Crippen MR) is 106 cm³/mol. The monoisotopic (exact) mass is 369 g/mol. The number of nitrogens with one attached hydrogen (secondary N) is 1. The number of hydrogen-bond acceptors (Lipinski definition) is 4. The van der Waals surface area contributed by atoms with Crippen LogP contribution in [0.5, 0.6) is 5.75 Å². The van der Waals surface area contributed by atoms with Crippen molar-refractivity contribution in [1.29, 1.82) is 0 Å². The number of benzene rings is 2. The number of anilines is 1. The zero-order valence-electron chi connectivity index (χ0n) is 16.6. The van der Waals surface area contributed by atoms with Crippen LogP contribution < -0.4 is 10.1 Å². The fourth-order valence-electron chi connectivity index (χ4n) is 2.62. The van der Waals surface area contributed by atoms with E-state index >= 15 is 0 Å². The molecular formula is C22H27NO4. The minimum absolute atomic E-state index is 0.248. The van der Waals surface area contributed by atoms with E-state index < -0.39 is 12.1 Å². The van der Waals surface area contributed by atoms with Gasteiger partial charge in [0.1, 0.15) is 5.75 Å². The molecule has 1 N–H and O–H groups in total. The van der Waals surface area contributed by atoms with Crippen molar-refractivity contribution in [2.24, 2.45) is 0 Å². The van der Waals surface area contributed by atoms with Crippen molar-refractivity contribution in [3.05, 3.63) is 58.7 Å². The van der Waals surface area contributed by atoms with Gasteiger partial charge in [0.15, 0.2) is 6.10 Å². The third kappa shape index (κ3) is 5.33. The second-order valence-electron chi connectivity index (χ2n) is 6.52. The summed E-state index contributed by atoms with van der Waals surface area (Å²) in [5.74, 6) is 0.0446. The SMILES string of the molecule is CCOC(=O)c1ccc(C)c(NC(=O)[C@@H](CC)Oc2cc(C)ccc2C)c1. The highest BCUT2D eigenvalue weighted by Crippen LogP contribution is 2.23. The largest absolute Gasteiger partial charge is 0.480 e. The van der Waals surface area contributed by atoms with E-state index in [1.165, 1.54) is 0 Å². The molecular weight excluding hydrogens is 342 g/mol. The molecule has 0 spiro atoms. The molecule has 144 valence electrons. The van der Waals surface area contributed by atoms with Crippen molar-refractivity contribution in [2.75, 3.05) is 11.9 Å². The van der Waals surface area contributed by atoms with E-state index in [1.807, 2.05) is 45.9 Å². The lowest BCUT2D eigenvalue weighted by molar-refractivity contribution is -0.122. The number of amides is 1. The molecule has 0 saturated heterocycles. The van der Waals surface area contributed by atoms with E-state index in [0.29, 0.717) is 30.0 Å². The van der Waals surface area contributed by atoms with Crippen molar-refractivity contribution in [3.8, 4) is 5.75 Å². The minimum Gasteiger partial charge on any atom is -0.480 e. The summed E-state index contributed by atoms with van der Waals surface area (Å²) < 4.78 is 11.0. The van der Waals surface area contributed by atoms with Crippen LogP contribution in [0, 0.1) is 20.8 Å². The van der Waals surface area contributed by atoms with E-state index in [0.717, 1.165) is 16.7 Å². The normalized spacial score (nSPS) is 11.6. The van der Waals surface area contributed by atoms with Crippen molar-refractivity contribution in [2.45, 2.75) is 47.1 Å². The van der Waals surface area contributed by atoms with Gasteiger partial charge in [-0.1, -0.05) is 25.1 Å². The first kappa shape index (κ1) is 20.5. The number of hydrogen-bond donors (Lipinski definition) is 1. The number of carbonyl (C=O) groups is 2. The Morgan fingerprint density at radius 2 is 1.70 bits per heavy atom. The van der Waals surface area contributed by atoms with Gasteiger partial charge in [0.05, 0.1) is 12.2 Å². The Hall–Kier alpha value is -2.82. The summed E-state index contributed by atoms with van der Waals surface area (Å²) in [4.78, 5) is 24.7. The number of carbonyl (C=O) groups excluding carboxylic acids is 2. The van der Waals surface area contributed by atoms with Crippen LogP contribution in [-0.4, -0.2) is 24.6 Å². The van der Waals surface area contributed by atoms with Gasteiger partial charge in [0.2, 0.25) is 0 Å². The van der Waals surface area contributed by atoms with Gasteiger partial charge < -0.3 is 14.8 Å². The molecule has 0 heterocycles. The molecule has 1 amide bonds. The molecule has 0 aromatic heterocycles. The molecule has 2 rings (SSSR count). The standard InChI is InChI=1S/C22H27NO4/c1-6-19(27-20-12-14(3)8-9-16(20)5)21(24)23-18-13-17(11-10-15(18)4)22(25)26-7-2/h8-13,19H,6-7H2,1-5H3,(H,23,24)/t19-/m1/s1. The van der Waals surface area contributed by atoms with Gasteiger partial charge in [-0.3, -0.25) is 4.79 Å². The Morgan fingerprint density at radius 1 is 1.00 bits per heavy atom. The van der Waals surface area contributed by atoms with Crippen LogP contribution >= 0.6 is 0 Å². The Morgan fingerprint density at radius 3 is 2.37 bits per heavy atom. The fraction of sp³-hybridized carbons (Fsp3) is 0.364. The minimum atomic E-state index is -0.629. The molecule has 2 aromatic rings. The molecule has 0 unspecified atom stereocenters. The third-order valence-electron chi connectivity index (χ3n) is 4.28. The zero-order chi connectivity index (χ0) is 20.0. The number of aryl methyl sites for hydroxylation is 3. The van der Waals surface area contributed by atoms with Crippen molar-refractivity contribution in [1.82, 2.24) is 0 Å². The Balaban J connectivity index is 2.17. The number of rotatable bonds is 7. The van der Waals surface area contributed by atoms with Crippen LogP contribution in [0.2, 0.25) is 0 Å². The first-order chi connectivity index (χ1) is 12.8. The lowest BCUT2D eigenvalue weighted by atomic mass is 10.1. The van der Waals surface area contributed by atoms with Crippen LogP contribution in [-0.2, 0) is 9.53 Å². The lowest BCUT2D eigenvalue weighted by Crippen LogP contribution is -2.33. The maximum absolute atomic E-state index is 12.8. The van der Waals surface area contributed by atoms with Crippen molar-refractivity contribution < 1.29 is 19.1 Å². The highest BCUT2D eigenvalue weighted by molar-refractivity contribution is 5.97. The molecule has 0 radical (unpaired) electrons. The first-order valence-electron chi connectivity index (χ1n) is 9.18. The molecule has 0 aliphatic rings. The van der Waals surface area contributed by atoms with Gasteiger partial charge in [-0.2, -0.15) is 0 Å². The van der Waals surface area contributed by atoms with Gasteiger partial charge in [-0.15, -0.1) is 0 Å². The van der Waals surface area contributed by atoms with Crippen LogP contribution in [0.3, 0.4) is 0 Å². The van der Waals surface area contributed by atoms with Gasteiger partial charge >= 0.3 is 5.97 Å². The first-order valence-corrected chi connectivity index (χ1v) is 9.18. The van der Waals surface area contributed by atoms with Crippen LogP contribution in [0.25, 0.3) is 0 Å². The zero-order valence-corrected chi connectivity index (χ0v) is 16.6. The lowest BCUT2D eigenvalue weighted by Gasteiger charge is -2.20. The van der Waals surface area contributed by atoms with E-state index in [4.69, 9.17) is 9.47 Å². The number of esters is 1. The Kier molecular flexibility index (Phi) is 6.99. The maximum Gasteiger partial charge on any atom is 0.338 e. The molecule has 0 saturated carbocycles. The summed E-state index contributed by atoms with van der Waals surface area (Å²) in [5.41, 5.74) is 3.89. The summed E-state index contributed by atoms with van der Waals surface area (Å²) in [6.07, 6.45) is -0.105. The third-order valence-corrected chi connectivity index (χ3v) is 4.28. The molecule has 2 aromatic carbocycles. The van der Waals surface area contributed by atoms with E-state index in [1.54, 1.807) is 25.1 Å². The van der Waals surface area contributed by atoms with Crippen molar-refractivity contribution >= 4 is 17.6 Å².